The van der Waals surface area contributed by atoms with Crippen LogP contribution in [0.15, 0.2) is 6.07 Å². The van der Waals surface area contributed by atoms with E-state index in [0.717, 1.165) is 37.1 Å². The summed E-state index contributed by atoms with van der Waals surface area (Å²) in [4.78, 5) is 14.7. The first-order valence-electron chi connectivity index (χ1n) is 7.86. The Balaban J connectivity index is 0.00000176. The summed E-state index contributed by atoms with van der Waals surface area (Å²) in [6.45, 7) is 2.29. The molecule has 1 amide bonds. The minimum Gasteiger partial charge on any atom is -0.383 e. The number of hydrogen-bond acceptors (Lipinski definition) is 4. The van der Waals surface area contributed by atoms with Crippen molar-refractivity contribution in [2.24, 2.45) is 0 Å². The molecule has 1 atom stereocenters. The average Bonchev–Trinajstić information content (AvgIpc) is 3.12. The number of aryl methyl sites for hydroxylation is 2. The van der Waals surface area contributed by atoms with E-state index < -0.39 is 0 Å². The molecule has 124 valence electrons. The number of amides is 1. The lowest BCUT2D eigenvalue weighted by atomic mass is 9.98. The van der Waals surface area contributed by atoms with Crippen molar-refractivity contribution in [3.8, 4) is 0 Å². The maximum atomic E-state index is 12.4. The molecule has 1 aliphatic carbocycles. The molecule has 2 N–H and O–H groups in total. The maximum absolute atomic E-state index is 12.4. The molecular formula is C16H25ClN2O2S. The van der Waals surface area contributed by atoms with Crippen molar-refractivity contribution in [1.82, 2.24) is 10.6 Å². The molecule has 1 aliphatic heterocycles. The van der Waals surface area contributed by atoms with Crippen molar-refractivity contribution in [3.05, 3.63) is 21.4 Å². The lowest BCUT2D eigenvalue weighted by Gasteiger charge is -2.28. The van der Waals surface area contributed by atoms with Crippen LogP contribution in [-0.2, 0) is 17.6 Å². The Morgan fingerprint density at radius 2 is 2.23 bits per heavy atom. The minimum atomic E-state index is -0.0821. The molecule has 0 spiro atoms. The quantitative estimate of drug-likeness (QED) is 0.863. The zero-order chi connectivity index (χ0) is 14.7. The van der Waals surface area contributed by atoms with Crippen LogP contribution in [-0.4, -0.2) is 38.3 Å². The monoisotopic (exact) mass is 344 g/mol. The molecular weight excluding hydrogens is 320 g/mol. The largest absolute Gasteiger partial charge is 0.383 e. The number of rotatable bonds is 5. The van der Waals surface area contributed by atoms with Gasteiger partial charge in [-0.2, -0.15) is 0 Å². The number of halogens is 1. The van der Waals surface area contributed by atoms with Crippen LogP contribution in [0.1, 0.15) is 45.8 Å². The van der Waals surface area contributed by atoms with Crippen molar-refractivity contribution in [3.63, 3.8) is 0 Å². The third kappa shape index (κ3) is 3.82. The van der Waals surface area contributed by atoms with E-state index in [2.05, 4.69) is 16.7 Å². The van der Waals surface area contributed by atoms with Gasteiger partial charge in [-0.25, -0.2) is 0 Å². The molecule has 4 nitrogen and oxygen atoms in total. The zero-order valence-corrected chi connectivity index (χ0v) is 14.7. The Kier molecular flexibility index (Phi) is 6.26. The second-order valence-corrected chi connectivity index (χ2v) is 7.33. The van der Waals surface area contributed by atoms with Crippen LogP contribution in [0.5, 0.6) is 0 Å². The highest BCUT2D eigenvalue weighted by Crippen LogP contribution is 2.29. The van der Waals surface area contributed by atoms with Gasteiger partial charge in [0.15, 0.2) is 0 Å². The van der Waals surface area contributed by atoms with Gasteiger partial charge in [-0.05, 0) is 56.7 Å². The summed E-state index contributed by atoms with van der Waals surface area (Å²) in [5.74, 6) is 0.0681. The van der Waals surface area contributed by atoms with Crippen LogP contribution >= 0.6 is 23.7 Å². The fourth-order valence-electron chi connectivity index (χ4n) is 3.41. The van der Waals surface area contributed by atoms with Gasteiger partial charge in [0.1, 0.15) is 0 Å². The molecule has 22 heavy (non-hydrogen) atoms. The third-order valence-corrected chi connectivity index (χ3v) is 5.80. The first kappa shape index (κ1) is 17.7. The summed E-state index contributed by atoms with van der Waals surface area (Å²) < 4.78 is 5.32. The highest BCUT2D eigenvalue weighted by Gasteiger charge is 2.34. The number of hydrogen-bond donors (Lipinski definition) is 2. The van der Waals surface area contributed by atoms with Gasteiger partial charge < -0.3 is 15.4 Å². The Bertz CT molecular complexity index is 489. The Hall–Kier alpha value is -0.620. The molecule has 0 aromatic carbocycles. The third-order valence-electron chi connectivity index (χ3n) is 4.56. The number of fused-ring (bicyclic) bond motifs is 1. The second kappa shape index (κ2) is 7.77. The van der Waals surface area contributed by atoms with E-state index >= 15 is 0 Å². The fraction of sp³-hybridized carbons (Fsp3) is 0.688. The van der Waals surface area contributed by atoms with Gasteiger partial charge in [-0.1, -0.05) is 0 Å². The molecule has 1 aromatic rings. The number of thiophene rings is 1. The van der Waals surface area contributed by atoms with Gasteiger partial charge in [-0.15, -0.1) is 23.7 Å². The van der Waals surface area contributed by atoms with Crippen LogP contribution < -0.4 is 10.6 Å². The van der Waals surface area contributed by atoms with Crippen molar-refractivity contribution >= 4 is 29.7 Å². The molecule has 1 saturated heterocycles. The standard InChI is InChI=1S/C16H24N2O2S.ClH/c1-20-11-16(7-4-8-18-16)10-17-15(19)14-9-12-5-2-3-6-13(12)21-14;/h9,18H,2-8,10-11H2,1H3,(H,17,19);1H. The van der Waals surface area contributed by atoms with E-state index in [1.165, 1.54) is 23.3 Å². The first-order chi connectivity index (χ1) is 10.2. The van der Waals surface area contributed by atoms with E-state index in [-0.39, 0.29) is 23.9 Å². The predicted molar refractivity (Wildman–Crippen MR) is 92.4 cm³/mol. The fourth-order valence-corrected chi connectivity index (χ4v) is 4.58. The number of ether oxygens (including phenoxy) is 1. The Labute approximate surface area is 142 Å². The second-order valence-electron chi connectivity index (χ2n) is 6.19. The maximum Gasteiger partial charge on any atom is 0.261 e. The molecule has 1 aromatic heterocycles. The summed E-state index contributed by atoms with van der Waals surface area (Å²) in [6, 6.07) is 2.10. The van der Waals surface area contributed by atoms with Gasteiger partial charge in [0.25, 0.3) is 5.91 Å². The molecule has 0 radical (unpaired) electrons. The highest BCUT2D eigenvalue weighted by atomic mass is 35.5. The molecule has 1 fully saturated rings. The van der Waals surface area contributed by atoms with Crippen LogP contribution in [0.4, 0.5) is 0 Å². The van der Waals surface area contributed by atoms with Crippen molar-refractivity contribution < 1.29 is 9.53 Å². The average molecular weight is 345 g/mol. The molecule has 0 saturated carbocycles. The normalized spacial score (nSPS) is 23.7. The van der Waals surface area contributed by atoms with Gasteiger partial charge in [-0.3, -0.25) is 4.79 Å². The lowest BCUT2D eigenvalue weighted by molar-refractivity contribution is 0.0896. The zero-order valence-electron chi connectivity index (χ0n) is 13.1. The van der Waals surface area contributed by atoms with Gasteiger partial charge in [0, 0.05) is 18.5 Å². The molecule has 1 unspecified atom stereocenters. The summed E-state index contributed by atoms with van der Waals surface area (Å²) in [7, 11) is 1.72. The summed E-state index contributed by atoms with van der Waals surface area (Å²) in [5.41, 5.74) is 1.31. The Morgan fingerprint density at radius 1 is 1.41 bits per heavy atom. The highest BCUT2D eigenvalue weighted by molar-refractivity contribution is 7.14. The van der Waals surface area contributed by atoms with Crippen LogP contribution in [0.3, 0.4) is 0 Å². The van der Waals surface area contributed by atoms with Crippen molar-refractivity contribution in [2.45, 2.75) is 44.1 Å². The molecule has 2 aliphatic rings. The van der Waals surface area contributed by atoms with Crippen molar-refractivity contribution in [2.75, 3.05) is 26.8 Å². The van der Waals surface area contributed by atoms with Gasteiger partial charge in [0.05, 0.1) is 17.0 Å². The van der Waals surface area contributed by atoms with Crippen LogP contribution in [0.2, 0.25) is 0 Å². The van der Waals surface area contributed by atoms with Crippen LogP contribution in [0.25, 0.3) is 0 Å². The number of carbonyl (C=O) groups is 1. The predicted octanol–water partition coefficient (Wildman–Crippen LogP) is 2.55. The molecule has 2 heterocycles. The topological polar surface area (TPSA) is 50.4 Å². The summed E-state index contributed by atoms with van der Waals surface area (Å²) >= 11 is 1.67. The van der Waals surface area contributed by atoms with E-state index in [0.29, 0.717) is 13.2 Å². The minimum absolute atomic E-state index is 0. The van der Waals surface area contributed by atoms with E-state index in [9.17, 15) is 4.79 Å². The van der Waals surface area contributed by atoms with E-state index in [1.807, 2.05) is 0 Å². The van der Waals surface area contributed by atoms with Crippen molar-refractivity contribution in [1.29, 1.82) is 0 Å². The number of methoxy groups -OCH3 is 1. The molecule has 3 rings (SSSR count). The summed E-state index contributed by atoms with van der Waals surface area (Å²) in [5, 5.41) is 6.60. The lowest BCUT2D eigenvalue weighted by Crippen LogP contribution is -2.52. The summed E-state index contributed by atoms with van der Waals surface area (Å²) in [6.07, 6.45) is 6.99. The van der Waals surface area contributed by atoms with Crippen LogP contribution in [0, 0.1) is 0 Å². The smallest absolute Gasteiger partial charge is 0.261 e. The van der Waals surface area contributed by atoms with Gasteiger partial charge in [0.2, 0.25) is 0 Å². The Morgan fingerprint density at radius 3 is 2.91 bits per heavy atom. The van der Waals surface area contributed by atoms with Gasteiger partial charge >= 0.3 is 0 Å². The molecule has 6 heteroatoms. The first-order valence-corrected chi connectivity index (χ1v) is 8.68. The van der Waals surface area contributed by atoms with E-state index in [1.54, 1.807) is 18.4 Å². The number of carbonyl (C=O) groups excluding carboxylic acids is 1. The van der Waals surface area contributed by atoms with E-state index in [4.69, 9.17) is 4.74 Å². The number of nitrogens with one attached hydrogen (secondary N) is 2. The SMILES string of the molecule is COCC1(CNC(=O)c2cc3c(s2)CCCC3)CCCN1.Cl. The molecule has 0 bridgehead atoms.